The van der Waals surface area contributed by atoms with Crippen molar-refractivity contribution in [1.29, 1.82) is 0 Å². The van der Waals surface area contributed by atoms with E-state index in [9.17, 15) is 15.0 Å². The topological polar surface area (TPSA) is 151 Å². The zero-order valence-electron chi connectivity index (χ0n) is 19.2. The number of amides is 1. The lowest BCUT2D eigenvalue weighted by atomic mass is 9.76. The molecule has 184 valence electrons. The number of hydrogen-bond donors (Lipinski definition) is 4. The van der Waals surface area contributed by atoms with Crippen LogP contribution in [0.3, 0.4) is 0 Å². The Labute approximate surface area is 210 Å². The number of nitrogens with one attached hydrogen (secondary N) is 2. The number of carbonyl (C=O) groups is 1. The molecule has 4 aromatic heterocycles. The summed E-state index contributed by atoms with van der Waals surface area (Å²) in [6, 6.07) is 6.67. The molecule has 0 bridgehead atoms. The molecule has 5 atom stereocenters. The van der Waals surface area contributed by atoms with E-state index in [1.807, 2.05) is 18.2 Å². The van der Waals surface area contributed by atoms with Crippen LogP contribution in [0.15, 0.2) is 55.4 Å². The number of imidazole rings is 1. The van der Waals surface area contributed by atoms with Gasteiger partial charge in [0.2, 0.25) is 11.9 Å². The molecule has 4 heterocycles. The predicted octanol–water partition coefficient (Wildman–Crippen LogP) is 1.44. The van der Waals surface area contributed by atoms with Crippen LogP contribution in [0.1, 0.15) is 23.7 Å². The van der Waals surface area contributed by atoms with Crippen LogP contribution in [0.25, 0.3) is 11.2 Å². The first kappa shape index (κ1) is 22.8. The molecule has 2 fully saturated rings. The van der Waals surface area contributed by atoms with Crippen molar-refractivity contribution < 1.29 is 15.0 Å². The Morgan fingerprint density at radius 3 is 2.86 bits per heavy atom. The third-order valence-electron chi connectivity index (χ3n) is 7.43. The highest BCUT2D eigenvalue weighted by Gasteiger charge is 2.85. The summed E-state index contributed by atoms with van der Waals surface area (Å²) in [5.74, 6) is -0.376. The number of aliphatic hydroxyl groups is 2. The third kappa shape index (κ3) is 3.06. The van der Waals surface area contributed by atoms with Gasteiger partial charge in [0.15, 0.2) is 5.65 Å². The average Bonchev–Trinajstić information content (AvgIpc) is 3.25. The average molecular weight is 507 g/mol. The van der Waals surface area contributed by atoms with Crippen molar-refractivity contribution in [2.45, 2.75) is 30.7 Å². The van der Waals surface area contributed by atoms with Gasteiger partial charge >= 0.3 is 0 Å². The molecule has 2 aliphatic rings. The Kier molecular flexibility index (Phi) is 5.18. The van der Waals surface area contributed by atoms with Crippen molar-refractivity contribution in [3.63, 3.8) is 0 Å². The lowest BCUT2D eigenvalue weighted by Crippen LogP contribution is -2.51. The summed E-state index contributed by atoms with van der Waals surface area (Å²) in [5.41, 5.74) is -1.11. The minimum absolute atomic E-state index is 0.205. The van der Waals surface area contributed by atoms with Gasteiger partial charge in [-0.05, 0) is 24.6 Å². The van der Waals surface area contributed by atoms with Crippen molar-refractivity contribution in [3.05, 3.63) is 71.7 Å². The second-order valence-electron chi connectivity index (χ2n) is 9.14. The molecule has 1 amide bonds. The Morgan fingerprint density at radius 2 is 2.11 bits per heavy atom. The lowest BCUT2D eigenvalue weighted by molar-refractivity contribution is -0.152. The first-order valence-electron chi connectivity index (χ1n) is 11.5. The highest BCUT2D eigenvalue weighted by Crippen LogP contribution is 2.77. The van der Waals surface area contributed by atoms with Gasteiger partial charge in [0.25, 0.3) is 0 Å². The monoisotopic (exact) mass is 506 g/mol. The van der Waals surface area contributed by atoms with Crippen LogP contribution in [0.5, 0.6) is 0 Å². The molecule has 0 aliphatic heterocycles. The van der Waals surface area contributed by atoms with Crippen LogP contribution in [0, 0.1) is 11.3 Å². The highest BCUT2D eigenvalue weighted by atomic mass is 35.5. The van der Waals surface area contributed by atoms with Crippen molar-refractivity contribution >= 4 is 34.6 Å². The molecule has 6 rings (SSSR count). The van der Waals surface area contributed by atoms with E-state index in [-0.39, 0.29) is 23.8 Å². The molecule has 0 aromatic carbocycles. The van der Waals surface area contributed by atoms with Gasteiger partial charge < -0.3 is 25.4 Å². The summed E-state index contributed by atoms with van der Waals surface area (Å²) >= 11 is 6.16. The maximum Gasteiger partial charge on any atom is 0.231 e. The van der Waals surface area contributed by atoms with Crippen LogP contribution in [0.4, 0.5) is 5.95 Å². The standard InChI is InChI=1S/C24H23ClN8O3/c1-26-21(35)23-16(7-18(34)24(23,36)13-6-14(25)9-27-8-13)19(23)33-12-31-17-11-30-22(32-20(17)33)29-10-15-4-2-3-5-28-15/h2-6,8-9,11-12,16,18-19,34,36H,7,10H2,1H3,(H,26,35)(H,29,30,32). The number of rotatable bonds is 6. The molecule has 36 heavy (non-hydrogen) atoms. The molecule has 4 N–H and O–H groups in total. The van der Waals surface area contributed by atoms with Gasteiger partial charge in [-0.25, -0.2) is 9.97 Å². The molecule has 0 spiro atoms. The first-order chi connectivity index (χ1) is 17.4. The van der Waals surface area contributed by atoms with Crippen LogP contribution in [-0.2, 0) is 16.9 Å². The second-order valence-corrected chi connectivity index (χ2v) is 9.57. The van der Waals surface area contributed by atoms with E-state index in [2.05, 4.69) is 35.6 Å². The van der Waals surface area contributed by atoms with Gasteiger partial charge in [-0.2, -0.15) is 4.98 Å². The van der Waals surface area contributed by atoms with Crippen molar-refractivity contribution in [2.75, 3.05) is 12.4 Å². The molecule has 2 aliphatic carbocycles. The number of anilines is 1. The normalized spacial score (nSPS) is 28.6. The fourth-order valence-electron chi connectivity index (χ4n) is 5.88. The van der Waals surface area contributed by atoms with Crippen LogP contribution in [0.2, 0.25) is 5.02 Å². The van der Waals surface area contributed by atoms with E-state index in [1.165, 1.54) is 25.5 Å². The fourth-order valence-corrected chi connectivity index (χ4v) is 6.06. The Balaban J connectivity index is 1.41. The van der Waals surface area contributed by atoms with Crippen molar-refractivity contribution in [2.24, 2.45) is 11.3 Å². The zero-order chi connectivity index (χ0) is 25.1. The molecule has 0 saturated heterocycles. The number of halogens is 1. The van der Waals surface area contributed by atoms with Crippen molar-refractivity contribution in [3.8, 4) is 0 Å². The lowest BCUT2D eigenvalue weighted by Gasteiger charge is -2.37. The third-order valence-corrected chi connectivity index (χ3v) is 7.64. The predicted molar refractivity (Wildman–Crippen MR) is 130 cm³/mol. The van der Waals surface area contributed by atoms with E-state index < -0.39 is 23.2 Å². The van der Waals surface area contributed by atoms with Crippen LogP contribution < -0.4 is 10.6 Å². The van der Waals surface area contributed by atoms with Crippen molar-refractivity contribution in [1.82, 2.24) is 34.8 Å². The Bertz CT molecular complexity index is 1470. The molecule has 0 radical (unpaired) electrons. The Morgan fingerprint density at radius 1 is 1.25 bits per heavy atom. The minimum atomic E-state index is -1.91. The van der Waals surface area contributed by atoms with Gasteiger partial charge in [-0.3, -0.25) is 14.8 Å². The number of aliphatic hydroxyl groups excluding tert-OH is 1. The first-order valence-corrected chi connectivity index (χ1v) is 11.9. The zero-order valence-corrected chi connectivity index (χ0v) is 20.0. The number of hydrogen-bond acceptors (Lipinski definition) is 9. The maximum atomic E-state index is 13.4. The summed E-state index contributed by atoms with van der Waals surface area (Å²) in [5, 5.41) is 29.2. The summed E-state index contributed by atoms with van der Waals surface area (Å²) in [4.78, 5) is 35.2. The number of carbonyl (C=O) groups excluding carboxylic acids is 1. The smallest absolute Gasteiger partial charge is 0.231 e. The van der Waals surface area contributed by atoms with E-state index in [0.29, 0.717) is 28.7 Å². The SMILES string of the molecule is CNC(=O)C12C(CC(O)C1(O)c1cncc(Cl)c1)C2n1cnc2cnc(NCc3ccccn3)nc21. The van der Waals surface area contributed by atoms with Gasteiger partial charge in [-0.15, -0.1) is 0 Å². The van der Waals surface area contributed by atoms with Crippen LogP contribution >= 0.6 is 11.6 Å². The second kappa shape index (κ2) is 8.19. The maximum absolute atomic E-state index is 13.4. The molecular weight excluding hydrogens is 484 g/mol. The summed E-state index contributed by atoms with van der Waals surface area (Å²) < 4.78 is 1.79. The largest absolute Gasteiger partial charge is 0.390 e. The molecule has 4 aromatic rings. The summed E-state index contributed by atoms with van der Waals surface area (Å²) in [6.07, 6.45) is 6.80. The Hall–Kier alpha value is -3.67. The molecule has 12 heteroatoms. The van der Waals surface area contributed by atoms with Gasteiger partial charge in [-0.1, -0.05) is 17.7 Å². The quantitative estimate of drug-likeness (QED) is 0.304. The summed E-state index contributed by atoms with van der Waals surface area (Å²) in [7, 11) is 1.51. The van der Waals surface area contributed by atoms with Gasteiger partial charge in [0, 0.05) is 37.1 Å². The molecule has 5 unspecified atom stereocenters. The van der Waals surface area contributed by atoms with Crippen LogP contribution in [-0.4, -0.2) is 58.8 Å². The summed E-state index contributed by atoms with van der Waals surface area (Å²) in [6.45, 7) is 0.433. The van der Waals surface area contributed by atoms with E-state index >= 15 is 0 Å². The fraction of sp³-hybridized carbons (Fsp3) is 0.333. The highest BCUT2D eigenvalue weighted by molar-refractivity contribution is 6.30. The van der Waals surface area contributed by atoms with E-state index in [0.717, 1.165) is 5.69 Å². The molecular formula is C24H23ClN8O3. The van der Waals surface area contributed by atoms with Gasteiger partial charge in [0.1, 0.15) is 16.5 Å². The number of aromatic nitrogens is 6. The van der Waals surface area contributed by atoms with E-state index in [4.69, 9.17) is 11.6 Å². The molecule has 2 saturated carbocycles. The number of pyridine rings is 2. The number of fused-ring (bicyclic) bond motifs is 2. The minimum Gasteiger partial charge on any atom is -0.390 e. The molecule has 11 nitrogen and oxygen atoms in total. The number of nitrogens with zero attached hydrogens (tertiary/aromatic N) is 6. The van der Waals surface area contributed by atoms with Gasteiger partial charge in [0.05, 0.1) is 41.9 Å². The van der Waals surface area contributed by atoms with E-state index in [1.54, 1.807) is 23.3 Å².